The van der Waals surface area contributed by atoms with Crippen LogP contribution in [0.1, 0.15) is 58.0 Å². The summed E-state index contributed by atoms with van der Waals surface area (Å²) in [7, 11) is 0. The first-order valence-corrected chi connectivity index (χ1v) is 9.44. The second-order valence-electron chi connectivity index (χ2n) is 8.27. The predicted molar refractivity (Wildman–Crippen MR) is 99.8 cm³/mol. The van der Waals surface area contributed by atoms with Gasteiger partial charge in [0.25, 0.3) is 0 Å². The summed E-state index contributed by atoms with van der Waals surface area (Å²) in [5, 5.41) is 0. The van der Waals surface area contributed by atoms with Crippen molar-refractivity contribution in [3.05, 3.63) is 17.6 Å². The molecule has 0 aromatic carbocycles. The molecule has 8 nitrogen and oxygen atoms in total. The molecule has 3 heterocycles. The summed E-state index contributed by atoms with van der Waals surface area (Å²) in [5.41, 5.74) is 0.321. The first-order chi connectivity index (χ1) is 12.6. The fourth-order valence-corrected chi connectivity index (χ4v) is 3.33. The van der Waals surface area contributed by atoms with Crippen LogP contribution in [0.2, 0.25) is 0 Å². The molecular weight excluding hydrogens is 348 g/mol. The van der Waals surface area contributed by atoms with E-state index in [1.807, 2.05) is 34.6 Å². The molecule has 1 aromatic rings. The third-order valence-corrected chi connectivity index (χ3v) is 4.61. The highest BCUT2D eigenvalue weighted by Gasteiger charge is 2.32. The molecule has 8 heteroatoms. The molecule has 2 aliphatic rings. The topological polar surface area (TPSA) is 84.9 Å². The fraction of sp³-hybridized carbons (Fsp3) is 0.684. The summed E-state index contributed by atoms with van der Waals surface area (Å²) < 4.78 is 10.6. The van der Waals surface area contributed by atoms with Gasteiger partial charge >= 0.3 is 12.2 Å². The zero-order valence-corrected chi connectivity index (χ0v) is 16.7. The molecule has 2 saturated heterocycles. The number of cyclic esters (lactones) is 1. The van der Waals surface area contributed by atoms with Gasteiger partial charge in [-0.2, -0.15) is 0 Å². The van der Waals surface area contributed by atoms with Crippen LogP contribution in [0.4, 0.5) is 15.4 Å². The Hall–Kier alpha value is -2.38. The van der Waals surface area contributed by atoms with E-state index in [1.54, 1.807) is 15.9 Å². The normalized spacial score (nSPS) is 21.4. The van der Waals surface area contributed by atoms with Crippen molar-refractivity contribution in [2.75, 3.05) is 24.5 Å². The highest BCUT2D eigenvalue weighted by Crippen LogP contribution is 2.29. The Morgan fingerprint density at radius 1 is 1.26 bits per heavy atom. The van der Waals surface area contributed by atoms with Gasteiger partial charge in [-0.15, -0.1) is 0 Å². The summed E-state index contributed by atoms with van der Waals surface area (Å²) in [6.45, 7) is 11.1. The van der Waals surface area contributed by atoms with E-state index in [-0.39, 0.29) is 24.2 Å². The summed E-state index contributed by atoms with van der Waals surface area (Å²) in [6, 6.07) is 1.80. The van der Waals surface area contributed by atoms with Crippen molar-refractivity contribution in [2.24, 2.45) is 0 Å². The molecule has 2 aliphatic heterocycles. The highest BCUT2D eigenvalue weighted by molar-refractivity contribution is 5.88. The maximum atomic E-state index is 12.2. The average molecular weight is 376 g/mol. The Morgan fingerprint density at radius 3 is 2.48 bits per heavy atom. The summed E-state index contributed by atoms with van der Waals surface area (Å²) in [5.74, 6) is 1.46. The lowest BCUT2D eigenvalue weighted by molar-refractivity contribution is 0.0203. The molecule has 0 aliphatic carbocycles. The standard InChI is InChI=1S/C19H28N4O4/c1-12-10-15(23-11-13(2)26-18(23)25)21-16(20-12)14-6-8-22(9-7-14)17(24)27-19(3,4)5/h10,13-14H,6-9,11H2,1-5H3. The van der Waals surface area contributed by atoms with Gasteiger partial charge in [0.05, 0.1) is 6.54 Å². The number of aromatic nitrogens is 2. The molecule has 2 fully saturated rings. The molecule has 3 rings (SSSR count). The Balaban J connectivity index is 1.68. The fourth-order valence-electron chi connectivity index (χ4n) is 3.33. The number of hydrogen-bond donors (Lipinski definition) is 0. The lowest BCUT2D eigenvalue weighted by atomic mass is 9.96. The minimum absolute atomic E-state index is 0.145. The van der Waals surface area contributed by atoms with E-state index in [1.165, 1.54) is 0 Å². The van der Waals surface area contributed by atoms with Crippen molar-refractivity contribution in [3.63, 3.8) is 0 Å². The van der Waals surface area contributed by atoms with Gasteiger partial charge < -0.3 is 14.4 Å². The van der Waals surface area contributed by atoms with Crippen molar-refractivity contribution < 1.29 is 19.1 Å². The molecule has 0 saturated carbocycles. The maximum Gasteiger partial charge on any atom is 0.415 e. The van der Waals surface area contributed by atoms with E-state index in [0.29, 0.717) is 25.5 Å². The highest BCUT2D eigenvalue weighted by atomic mass is 16.6. The summed E-state index contributed by atoms with van der Waals surface area (Å²) in [6.07, 6.45) is 0.742. The molecule has 2 amide bonds. The van der Waals surface area contributed by atoms with Crippen LogP contribution < -0.4 is 4.90 Å². The number of amides is 2. The van der Waals surface area contributed by atoms with Crippen LogP contribution in [0.3, 0.4) is 0 Å². The maximum absolute atomic E-state index is 12.2. The van der Waals surface area contributed by atoms with Crippen molar-refractivity contribution in [1.29, 1.82) is 0 Å². The first kappa shape index (κ1) is 19.4. The van der Waals surface area contributed by atoms with Crippen LogP contribution in [0.25, 0.3) is 0 Å². The van der Waals surface area contributed by atoms with Crippen molar-refractivity contribution in [2.45, 2.75) is 65.1 Å². The van der Waals surface area contributed by atoms with Gasteiger partial charge in [0.15, 0.2) is 0 Å². The Morgan fingerprint density at radius 2 is 1.93 bits per heavy atom. The second kappa shape index (κ2) is 7.32. The van der Waals surface area contributed by atoms with Gasteiger partial charge in [-0.1, -0.05) is 0 Å². The lowest BCUT2D eigenvalue weighted by Gasteiger charge is -2.33. The Labute approximate surface area is 159 Å². The van der Waals surface area contributed by atoms with Gasteiger partial charge in [0.1, 0.15) is 23.3 Å². The number of piperidine rings is 1. The number of aryl methyl sites for hydroxylation is 1. The van der Waals surface area contributed by atoms with E-state index >= 15 is 0 Å². The van der Waals surface area contributed by atoms with Crippen LogP contribution in [0, 0.1) is 6.92 Å². The van der Waals surface area contributed by atoms with Gasteiger partial charge in [-0.25, -0.2) is 19.6 Å². The van der Waals surface area contributed by atoms with Gasteiger partial charge in [0, 0.05) is 30.8 Å². The van der Waals surface area contributed by atoms with E-state index in [4.69, 9.17) is 9.47 Å². The number of ether oxygens (including phenoxy) is 2. The summed E-state index contributed by atoms with van der Waals surface area (Å²) in [4.78, 5) is 36.7. The number of likely N-dealkylation sites (tertiary alicyclic amines) is 1. The van der Waals surface area contributed by atoms with Crippen LogP contribution in [0.5, 0.6) is 0 Å². The molecule has 1 atom stereocenters. The van der Waals surface area contributed by atoms with Crippen molar-refractivity contribution in [3.8, 4) is 0 Å². The van der Waals surface area contributed by atoms with E-state index < -0.39 is 5.60 Å². The molecule has 27 heavy (non-hydrogen) atoms. The van der Waals surface area contributed by atoms with E-state index in [2.05, 4.69) is 9.97 Å². The molecule has 1 unspecified atom stereocenters. The van der Waals surface area contributed by atoms with E-state index in [9.17, 15) is 9.59 Å². The molecule has 0 N–H and O–H groups in total. The minimum atomic E-state index is -0.496. The Kier molecular flexibility index (Phi) is 5.26. The lowest BCUT2D eigenvalue weighted by Crippen LogP contribution is -2.41. The van der Waals surface area contributed by atoms with Gasteiger partial charge in [0.2, 0.25) is 0 Å². The number of anilines is 1. The first-order valence-electron chi connectivity index (χ1n) is 9.44. The van der Waals surface area contributed by atoms with Crippen LogP contribution in [-0.2, 0) is 9.47 Å². The predicted octanol–water partition coefficient (Wildman–Crippen LogP) is 3.24. The Bertz CT molecular complexity index is 723. The third kappa shape index (κ3) is 4.67. The largest absolute Gasteiger partial charge is 0.444 e. The van der Waals surface area contributed by atoms with Crippen molar-refractivity contribution in [1.82, 2.24) is 14.9 Å². The van der Waals surface area contributed by atoms with Crippen molar-refractivity contribution >= 4 is 18.0 Å². The molecular formula is C19H28N4O4. The SMILES string of the molecule is Cc1cc(N2CC(C)OC2=O)nc(C2CCN(C(=O)OC(C)(C)C)CC2)n1. The molecule has 1 aromatic heterocycles. The number of nitrogens with zero attached hydrogens (tertiary/aromatic N) is 4. The summed E-state index contributed by atoms with van der Waals surface area (Å²) >= 11 is 0. The number of hydrogen-bond acceptors (Lipinski definition) is 6. The molecule has 0 spiro atoms. The number of carbonyl (C=O) groups is 2. The van der Waals surface area contributed by atoms with Crippen LogP contribution in [-0.4, -0.2) is 58.4 Å². The van der Waals surface area contributed by atoms with Gasteiger partial charge in [-0.05, 0) is 47.5 Å². The average Bonchev–Trinajstić information content (AvgIpc) is 2.91. The zero-order valence-electron chi connectivity index (χ0n) is 16.7. The smallest absolute Gasteiger partial charge is 0.415 e. The van der Waals surface area contributed by atoms with Gasteiger partial charge in [-0.3, -0.25) is 4.90 Å². The minimum Gasteiger partial charge on any atom is -0.444 e. The quantitative estimate of drug-likeness (QED) is 0.788. The van der Waals surface area contributed by atoms with E-state index in [0.717, 1.165) is 24.4 Å². The van der Waals surface area contributed by atoms with Crippen LogP contribution in [0.15, 0.2) is 6.07 Å². The third-order valence-electron chi connectivity index (χ3n) is 4.61. The monoisotopic (exact) mass is 376 g/mol. The molecule has 0 bridgehead atoms. The van der Waals surface area contributed by atoms with Crippen LogP contribution >= 0.6 is 0 Å². The second-order valence-corrected chi connectivity index (χ2v) is 8.27. The molecule has 0 radical (unpaired) electrons. The molecule has 148 valence electrons. The zero-order chi connectivity index (χ0) is 19.8. The number of rotatable bonds is 2. The number of carbonyl (C=O) groups excluding carboxylic acids is 2.